The highest BCUT2D eigenvalue weighted by atomic mass is 16.1. The number of aryl methyl sites for hydroxylation is 3. The zero-order chi connectivity index (χ0) is 41.8. The van der Waals surface area contributed by atoms with E-state index in [9.17, 15) is 9.59 Å². The van der Waals surface area contributed by atoms with E-state index in [2.05, 4.69) is 110 Å². The summed E-state index contributed by atoms with van der Waals surface area (Å²) in [6, 6.07) is 9.22. The topological polar surface area (TPSA) is 46.2 Å². The lowest BCUT2D eigenvalue weighted by molar-refractivity contribution is -0.119. The highest BCUT2D eigenvalue weighted by Crippen LogP contribution is 2.86. The maximum atomic E-state index is 12.6. The lowest BCUT2D eigenvalue weighted by atomic mass is 9.57. The van der Waals surface area contributed by atoms with Gasteiger partial charge in [0, 0.05) is 31.2 Å². The van der Waals surface area contributed by atoms with Crippen LogP contribution in [-0.4, -0.2) is 25.2 Å². The van der Waals surface area contributed by atoms with Crippen LogP contribution < -0.4 is 5.32 Å². The Balaban J connectivity index is 0.000000258. The van der Waals surface area contributed by atoms with Crippen LogP contribution >= 0.6 is 0 Å². The molecular formula is C54H79NO2. The number of ketones is 1. The zero-order valence-electron chi connectivity index (χ0n) is 37.5. The second-order valence-electron chi connectivity index (χ2n) is 18.5. The van der Waals surface area contributed by atoms with E-state index in [0.717, 1.165) is 70.7 Å². The van der Waals surface area contributed by atoms with Crippen molar-refractivity contribution in [3.05, 3.63) is 118 Å². The van der Waals surface area contributed by atoms with Crippen LogP contribution in [0.2, 0.25) is 0 Å². The summed E-state index contributed by atoms with van der Waals surface area (Å²) in [6.07, 6.45) is 24.2. The number of hydrogen-bond acceptors (Lipinski definition) is 3. The average Bonchev–Trinajstić information content (AvgIpc) is 3.75. The van der Waals surface area contributed by atoms with Gasteiger partial charge in [-0.1, -0.05) is 88.4 Å². The van der Waals surface area contributed by atoms with Crippen LogP contribution in [0.25, 0.3) is 0 Å². The van der Waals surface area contributed by atoms with E-state index in [1.54, 1.807) is 5.56 Å². The third-order valence-electron chi connectivity index (χ3n) is 14.8. The van der Waals surface area contributed by atoms with E-state index in [-0.39, 0.29) is 5.41 Å². The molecule has 3 nitrogen and oxygen atoms in total. The quantitative estimate of drug-likeness (QED) is 0.0695. The molecule has 0 bridgehead atoms. The molecule has 5 atom stereocenters. The standard InChI is InChI=1S/C30H40O.C24H39NO/c1-6-14-28-16-17-29(20-23(3)13-15-30(28,29)21-28)27-24(4)11-12-26(25(27)5)19-22(2)10-8-7-9-18-31;1-7-15-25-17-18(5)11-14-22(26)16-21(9-3)24-19(6)12-13-20(8-2)23(24)10-4/h6,11-12,18H,1-3,7-10,13-17,19-21H2,4-5H3;7,12-13,18,21,25H,1,8-11,14-17H2,2-6H3. The molecule has 3 saturated carbocycles. The molecule has 57 heavy (non-hydrogen) atoms. The third-order valence-corrected chi connectivity index (χ3v) is 14.8. The summed E-state index contributed by atoms with van der Waals surface area (Å²) in [7, 11) is 0. The number of Topliss-reactive ketones (excluding diaryl/α,β-unsaturated/α-hetero) is 1. The maximum Gasteiger partial charge on any atom is 0.133 e. The molecule has 2 aromatic rings. The molecule has 0 radical (unpaired) electrons. The van der Waals surface area contributed by atoms with Crippen LogP contribution in [0.4, 0.5) is 0 Å². The Labute approximate surface area is 349 Å². The van der Waals surface area contributed by atoms with Gasteiger partial charge in [-0.15, -0.1) is 13.2 Å². The van der Waals surface area contributed by atoms with Crippen molar-refractivity contribution in [2.75, 3.05) is 13.1 Å². The van der Waals surface area contributed by atoms with Gasteiger partial charge in [0.05, 0.1) is 0 Å². The fourth-order valence-electron chi connectivity index (χ4n) is 11.8. The number of nitrogens with one attached hydrogen (secondary N) is 1. The number of carbonyl (C=O) groups excluding carboxylic acids is 2. The number of rotatable bonds is 23. The van der Waals surface area contributed by atoms with Gasteiger partial charge in [0.2, 0.25) is 0 Å². The molecular weight excluding hydrogens is 695 g/mol. The van der Waals surface area contributed by atoms with E-state index in [1.807, 2.05) is 6.08 Å². The van der Waals surface area contributed by atoms with Crippen molar-refractivity contribution >= 4 is 12.1 Å². The van der Waals surface area contributed by atoms with Gasteiger partial charge >= 0.3 is 0 Å². The Morgan fingerprint density at radius 1 is 0.930 bits per heavy atom. The third kappa shape index (κ3) is 10.3. The molecule has 1 spiro atoms. The summed E-state index contributed by atoms with van der Waals surface area (Å²) in [5.41, 5.74) is 15.7. The SMILES string of the molecule is C=CCC12CCC3(c4c(C)ccc(CC(=C)CCCCC=O)c4C)CC(=C)CCC13C2.C=CCNCC(C)CCC(=O)CC(CC)c1c(C)ccc(CC)c1CC. The average molecular weight is 774 g/mol. The molecule has 3 fully saturated rings. The lowest BCUT2D eigenvalue weighted by Crippen LogP contribution is -2.40. The van der Waals surface area contributed by atoms with Crippen molar-refractivity contribution in [3.63, 3.8) is 0 Å². The molecule has 0 aliphatic heterocycles. The van der Waals surface area contributed by atoms with Gasteiger partial charge in [-0.3, -0.25) is 4.79 Å². The van der Waals surface area contributed by atoms with Crippen molar-refractivity contribution in [2.24, 2.45) is 16.7 Å². The summed E-state index contributed by atoms with van der Waals surface area (Å²) in [4.78, 5) is 23.2. The van der Waals surface area contributed by atoms with Crippen molar-refractivity contribution in [2.45, 2.75) is 175 Å². The van der Waals surface area contributed by atoms with Crippen LogP contribution in [-0.2, 0) is 34.3 Å². The van der Waals surface area contributed by atoms with Crippen LogP contribution in [0.15, 0.2) is 73.9 Å². The minimum absolute atomic E-state index is 0.265. The molecule has 5 rings (SSSR count). The smallest absolute Gasteiger partial charge is 0.133 e. The van der Waals surface area contributed by atoms with E-state index >= 15 is 0 Å². The summed E-state index contributed by atoms with van der Waals surface area (Å²) in [5.74, 6) is 1.30. The number of allylic oxidation sites excluding steroid dienone is 3. The molecule has 0 aromatic heterocycles. The Bertz CT molecular complexity index is 1750. The van der Waals surface area contributed by atoms with Crippen molar-refractivity contribution in [3.8, 4) is 0 Å². The summed E-state index contributed by atoms with van der Waals surface area (Å²) in [5, 5.41) is 3.34. The van der Waals surface area contributed by atoms with Crippen molar-refractivity contribution < 1.29 is 9.59 Å². The maximum absolute atomic E-state index is 12.6. The Hall–Kier alpha value is -3.30. The number of carbonyl (C=O) groups is 2. The summed E-state index contributed by atoms with van der Waals surface area (Å²) >= 11 is 0. The van der Waals surface area contributed by atoms with E-state index in [4.69, 9.17) is 0 Å². The van der Waals surface area contributed by atoms with Gasteiger partial charge in [0.25, 0.3) is 0 Å². The molecule has 0 amide bonds. The zero-order valence-corrected chi connectivity index (χ0v) is 37.5. The normalized spacial score (nSPS) is 23.0. The molecule has 0 saturated heterocycles. The molecule has 3 heteroatoms. The predicted octanol–water partition coefficient (Wildman–Crippen LogP) is 13.7. The van der Waals surface area contributed by atoms with Gasteiger partial charge in [-0.05, 0) is 191 Å². The second-order valence-corrected chi connectivity index (χ2v) is 18.5. The molecule has 1 N–H and O–H groups in total. The minimum Gasteiger partial charge on any atom is -0.313 e. The first-order valence-corrected chi connectivity index (χ1v) is 22.7. The highest BCUT2D eigenvalue weighted by Gasteiger charge is 2.79. The molecule has 312 valence electrons. The lowest BCUT2D eigenvalue weighted by Gasteiger charge is -2.46. The van der Waals surface area contributed by atoms with Crippen molar-refractivity contribution in [1.82, 2.24) is 5.32 Å². The van der Waals surface area contributed by atoms with Gasteiger partial charge in [0.1, 0.15) is 12.1 Å². The van der Waals surface area contributed by atoms with Crippen LogP contribution in [0.1, 0.15) is 174 Å². The van der Waals surface area contributed by atoms with E-state index in [0.29, 0.717) is 47.7 Å². The molecule has 2 aromatic carbocycles. The number of aldehydes is 1. The first-order valence-electron chi connectivity index (χ1n) is 22.7. The van der Waals surface area contributed by atoms with Gasteiger partial charge < -0.3 is 10.1 Å². The first kappa shape index (κ1) is 46.4. The Kier molecular flexibility index (Phi) is 17.2. The van der Waals surface area contributed by atoms with Gasteiger partial charge in [0.15, 0.2) is 0 Å². The molecule has 0 heterocycles. The molecule has 5 unspecified atom stereocenters. The molecule has 3 aliphatic rings. The van der Waals surface area contributed by atoms with Crippen LogP contribution in [0, 0.1) is 37.5 Å². The fraction of sp³-hybridized carbons (Fsp3) is 0.593. The fourth-order valence-corrected chi connectivity index (χ4v) is 11.8. The van der Waals surface area contributed by atoms with Gasteiger partial charge in [-0.2, -0.15) is 0 Å². The second kappa shape index (κ2) is 21.1. The van der Waals surface area contributed by atoms with Crippen LogP contribution in [0.5, 0.6) is 0 Å². The first-order chi connectivity index (χ1) is 27.3. The number of unbranched alkanes of at least 4 members (excludes halogenated alkanes) is 2. The Morgan fingerprint density at radius 3 is 2.33 bits per heavy atom. The van der Waals surface area contributed by atoms with Crippen molar-refractivity contribution in [1.29, 1.82) is 0 Å². The Morgan fingerprint density at radius 2 is 1.67 bits per heavy atom. The number of benzene rings is 2. The monoisotopic (exact) mass is 774 g/mol. The number of hydrogen-bond donors (Lipinski definition) is 1. The summed E-state index contributed by atoms with van der Waals surface area (Å²) in [6.45, 7) is 34.3. The predicted molar refractivity (Wildman–Crippen MR) is 246 cm³/mol. The highest BCUT2D eigenvalue weighted by molar-refractivity contribution is 5.79. The van der Waals surface area contributed by atoms with E-state index < -0.39 is 0 Å². The molecule has 3 aliphatic carbocycles. The van der Waals surface area contributed by atoms with Gasteiger partial charge in [-0.25, -0.2) is 0 Å². The largest absolute Gasteiger partial charge is 0.313 e. The van der Waals surface area contributed by atoms with E-state index in [1.165, 1.54) is 95.0 Å². The minimum atomic E-state index is 0.265. The summed E-state index contributed by atoms with van der Waals surface area (Å²) < 4.78 is 0. The van der Waals surface area contributed by atoms with Crippen LogP contribution in [0.3, 0.4) is 0 Å².